The second-order valence-electron chi connectivity index (χ2n) is 9.00. The zero-order valence-corrected chi connectivity index (χ0v) is 19.2. The molecule has 0 bridgehead atoms. The number of aryl methyl sites for hydroxylation is 3. The summed E-state index contributed by atoms with van der Waals surface area (Å²) in [7, 11) is 1.64. The topological polar surface area (TPSA) is 89.2 Å². The molecule has 1 aromatic carbocycles. The van der Waals surface area contributed by atoms with Crippen LogP contribution in [0.15, 0.2) is 52.4 Å². The maximum Gasteiger partial charge on any atom is 0.294 e. The Labute approximate surface area is 189 Å². The predicted molar refractivity (Wildman–Crippen MR) is 125 cm³/mol. The lowest BCUT2D eigenvalue weighted by Crippen LogP contribution is -2.33. The number of ether oxygens (including phenoxy) is 1. The Morgan fingerprint density at radius 1 is 1.06 bits per heavy atom. The molecule has 3 aromatic heterocycles. The van der Waals surface area contributed by atoms with Gasteiger partial charge in [0.2, 0.25) is 5.75 Å². The molecule has 0 atom stereocenters. The third kappa shape index (κ3) is 4.21. The van der Waals surface area contributed by atoms with Gasteiger partial charge in [-0.25, -0.2) is 4.39 Å². The zero-order chi connectivity index (χ0) is 24.1. The fourth-order valence-corrected chi connectivity index (χ4v) is 4.05. The molecule has 0 aliphatic rings. The van der Waals surface area contributed by atoms with Gasteiger partial charge in [-0.1, -0.05) is 0 Å². The van der Waals surface area contributed by atoms with Crippen LogP contribution in [-0.2, 0) is 13.6 Å². The third-order valence-corrected chi connectivity index (χ3v) is 5.49. The molecule has 0 saturated heterocycles. The Kier molecular flexibility index (Phi) is 5.49. The first kappa shape index (κ1) is 22.5. The van der Waals surface area contributed by atoms with Gasteiger partial charge >= 0.3 is 0 Å². The second-order valence-corrected chi connectivity index (χ2v) is 9.00. The van der Waals surface area contributed by atoms with Gasteiger partial charge in [-0.15, -0.1) is 0 Å². The Bertz CT molecular complexity index is 1470. The Balaban J connectivity index is 2.01. The van der Waals surface area contributed by atoms with E-state index < -0.39 is 17.0 Å². The highest BCUT2D eigenvalue weighted by Gasteiger charge is 2.22. The van der Waals surface area contributed by atoms with E-state index in [9.17, 15) is 19.1 Å². The molecule has 0 radical (unpaired) electrons. The van der Waals surface area contributed by atoms with Crippen molar-refractivity contribution in [3.05, 3.63) is 80.5 Å². The smallest absolute Gasteiger partial charge is 0.294 e. The summed E-state index contributed by atoms with van der Waals surface area (Å²) in [5, 5.41) is 10.9. The summed E-state index contributed by atoms with van der Waals surface area (Å²) in [6.07, 6.45) is 4.92. The number of aromatic nitrogens is 3. The first-order valence-corrected chi connectivity index (χ1v) is 10.5. The maximum absolute atomic E-state index is 13.9. The number of H-pyrrole nitrogens is 1. The molecular weight excluding hydrogens is 425 g/mol. The molecule has 4 aromatic rings. The molecule has 0 aliphatic heterocycles. The Hall–Kier alpha value is -3.65. The van der Waals surface area contributed by atoms with Crippen molar-refractivity contribution in [2.75, 3.05) is 0 Å². The van der Waals surface area contributed by atoms with Gasteiger partial charge in [-0.3, -0.25) is 9.59 Å². The lowest BCUT2D eigenvalue weighted by molar-refractivity contribution is 0.0603. The van der Waals surface area contributed by atoms with Crippen LogP contribution < -0.4 is 15.9 Å². The van der Waals surface area contributed by atoms with Crippen molar-refractivity contribution in [3.8, 4) is 22.6 Å². The zero-order valence-electron chi connectivity index (χ0n) is 19.2. The molecule has 7 nitrogen and oxygen atoms in total. The number of aromatic amines is 1. The number of pyridine rings is 2. The molecule has 0 spiro atoms. The molecule has 8 heteroatoms. The number of fused-ring (bicyclic) bond motifs is 1. The van der Waals surface area contributed by atoms with Crippen molar-refractivity contribution in [2.45, 2.75) is 39.8 Å². The summed E-state index contributed by atoms with van der Waals surface area (Å²) < 4.78 is 22.9. The normalized spacial score (nSPS) is 11.8. The highest BCUT2D eigenvalue weighted by atomic mass is 19.1. The minimum absolute atomic E-state index is 0.0284. The van der Waals surface area contributed by atoms with Crippen molar-refractivity contribution in [2.24, 2.45) is 7.05 Å². The van der Waals surface area contributed by atoms with Gasteiger partial charge in [-0.05, 0) is 63.1 Å². The van der Waals surface area contributed by atoms with Crippen molar-refractivity contribution in [1.29, 1.82) is 0 Å². The van der Waals surface area contributed by atoms with Gasteiger partial charge in [0.15, 0.2) is 0 Å². The van der Waals surface area contributed by atoms with Gasteiger partial charge in [0.1, 0.15) is 17.1 Å². The number of benzene rings is 1. The third-order valence-electron chi connectivity index (χ3n) is 5.49. The minimum Gasteiger partial charge on any atom is -0.450 e. The predicted octanol–water partition coefficient (Wildman–Crippen LogP) is 4.01. The lowest BCUT2D eigenvalue weighted by Gasteiger charge is -2.21. The average Bonchev–Trinajstić information content (AvgIpc) is 3.19. The van der Waals surface area contributed by atoms with E-state index in [4.69, 9.17) is 4.74 Å². The molecule has 172 valence electrons. The number of nitrogens with zero attached hydrogens (tertiary/aromatic N) is 2. The molecular formula is C25H26FN3O4. The fraction of sp³-hybridized carbons (Fsp3) is 0.280. The van der Waals surface area contributed by atoms with Crippen LogP contribution >= 0.6 is 0 Å². The van der Waals surface area contributed by atoms with Gasteiger partial charge in [0, 0.05) is 42.2 Å². The van der Waals surface area contributed by atoms with Gasteiger partial charge in [0.05, 0.1) is 12.1 Å². The van der Waals surface area contributed by atoms with E-state index in [0.29, 0.717) is 38.9 Å². The highest BCUT2D eigenvalue weighted by Crippen LogP contribution is 2.36. The maximum atomic E-state index is 13.9. The molecule has 0 fully saturated rings. The summed E-state index contributed by atoms with van der Waals surface area (Å²) in [5.41, 5.74) is 0.844. The molecule has 0 aliphatic carbocycles. The number of hydrogen-bond acceptors (Lipinski definition) is 4. The van der Waals surface area contributed by atoms with Gasteiger partial charge in [0.25, 0.3) is 11.1 Å². The molecule has 0 amide bonds. The van der Waals surface area contributed by atoms with Crippen molar-refractivity contribution >= 4 is 10.9 Å². The molecule has 3 heterocycles. The van der Waals surface area contributed by atoms with E-state index in [2.05, 4.69) is 4.98 Å². The van der Waals surface area contributed by atoms with Crippen LogP contribution in [0.2, 0.25) is 0 Å². The summed E-state index contributed by atoms with van der Waals surface area (Å²) >= 11 is 0. The van der Waals surface area contributed by atoms with Crippen molar-refractivity contribution in [3.63, 3.8) is 0 Å². The van der Waals surface area contributed by atoms with Crippen LogP contribution in [0.3, 0.4) is 0 Å². The number of hydrogen-bond donors (Lipinski definition) is 2. The lowest BCUT2D eigenvalue weighted by atomic mass is 10.0. The Morgan fingerprint density at radius 2 is 1.73 bits per heavy atom. The highest BCUT2D eigenvalue weighted by molar-refractivity contribution is 5.95. The average molecular weight is 451 g/mol. The first-order chi connectivity index (χ1) is 15.5. The first-order valence-electron chi connectivity index (χ1n) is 10.5. The summed E-state index contributed by atoms with van der Waals surface area (Å²) in [6, 6.07) is 6.18. The number of aliphatic hydroxyl groups is 1. The van der Waals surface area contributed by atoms with Crippen LogP contribution in [0, 0.1) is 19.7 Å². The molecule has 0 saturated carbocycles. The number of rotatable bonds is 5. The van der Waals surface area contributed by atoms with E-state index in [1.54, 1.807) is 65.5 Å². The van der Waals surface area contributed by atoms with E-state index >= 15 is 0 Å². The SMILES string of the molecule is Cc1cc(F)cc(C)c1Oc1c(-c2cn(C)c(=O)c3[nH]ccc23)ccn(CC(C)(C)O)c1=O. The second kappa shape index (κ2) is 8.04. The van der Waals surface area contributed by atoms with Crippen molar-refractivity contribution in [1.82, 2.24) is 14.1 Å². The standard InChI is InChI=1S/C25H26FN3O4/c1-14-10-16(26)11-15(2)21(14)33-22-18(7-9-29(24(22)31)13-25(3,4)32)19-12-28(5)23(30)20-17(19)6-8-27-20/h6-12,27,32H,13H2,1-5H3. The van der Waals surface area contributed by atoms with Crippen LogP contribution in [0.25, 0.3) is 22.0 Å². The quantitative estimate of drug-likeness (QED) is 0.480. The van der Waals surface area contributed by atoms with Crippen molar-refractivity contribution < 1.29 is 14.2 Å². The number of halogens is 1. The molecule has 33 heavy (non-hydrogen) atoms. The van der Waals surface area contributed by atoms with Crippen LogP contribution in [0.5, 0.6) is 11.5 Å². The summed E-state index contributed by atoms with van der Waals surface area (Å²) in [5.74, 6) is 0.0174. The molecule has 2 N–H and O–H groups in total. The monoisotopic (exact) mass is 451 g/mol. The van der Waals surface area contributed by atoms with Gasteiger partial charge < -0.3 is 24.0 Å². The van der Waals surface area contributed by atoms with E-state index in [0.717, 1.165) is 0 Å². The van der Waals surface area contributed by atoms with E-state index in [1.807, 2.05) is 0 Å². The van der Waals surface area contributed by atoms with Crippen LogP contribution in [0.4, 0.5) is 4.39 Å². The minimum atomic E-state index is -1.13. The summed E-state index contributed by atoms with van der Waals surface area (Å²) in [4.78, 5) is 29.0. The number of nitrogens with one attached hydrogen (secondary N) is 1. The molecule has 4 rings (SSSR count). The summed E-state index contributed by atoms with van der Waals surface area (Å²) in [6.45, 7) is 6.69. The van der Waals surface area contributed by atoms with E-state index in [1.165, 1.54) is 21.3 Å². The Morgan fingerprint density at radius 3 is 2.36 bits per heavy atom. The largest absolute Gasteiger partial charge is 0.450 e. The molecule has 0 unspecified atom stereocenters. The van der Waals surface area contributed by atoms with E-state index in [-0.39, 0.29) is 17.9 Å². The van der Waals surface area contributed by atoms with Crippen LogP contribution in [0.1, 0.15) is 25.0 Å². The fourth-order valence-electron chi connectivity index (χ4n) is 4.05. The van der Waals surface area contributed by atoms with Crippen LogP contribution in [-0.4, -0.2) is 24.8 Å². The van der Waals surface area contributed by atoms with Gasteiger partial charge in [-0.2, -0.15) is 0 Å².